The van der Waals surface area contributed by atoms with Crippen molar-refractivity contribution in [3.63, 3.8) is 0 Å². The smallest absolute Gasteiger partial charge is 0.338 e. The van der Waals surface area contributed by atoms with Crippen LogP contribution in [-0.2, 0) is 9.53 Å². The molecule has 0 fully saturated rings. The molecular formula is C17H15Cl2NO3. The summed E-state index contributed by atoms with van der Waals surface area (Å²) in [6, 6.07) is 13.2. The summed E-state index contributed by atoms with van der Waals surface area (Å²) in [5, 5.41) is 3.82. The molecule has 2 aromatic carbocycles. The van der Waals surface area contributed by atoms with Crippen molar-refractivity contribution in [1.82, 2.24) is 5.32 Å². The molecule has 0 spiro atoms. The lowest BCUT2D eigenvalue weighted by Crippen LogP contribution is -2.31. The van der Waals surface area contributed by atoms with Crippen LogP contribution in [0.15, 0.2) is 48.5 Å². The van der Waals surface area contributed by atoms with E-state index >= 15 is 0 Å². The van der Waals surface area contributed by atoms with Gasteiger partial charge >= 0.3 is 5.97 Å². The molecule has 23 heavy (non-hydrogen) atoms. The Morgan fingerprint density at radius 3 is 2.39 bits per heavy atom. The van der Waals surface area contributed by atoms with Gasteiger partial charge in [-0.3, -0.25) is 4.79 Å². The van der Waals surface area contributed by atoms with Crippen molar-refractivity contribution in [1.29, 1.82) is 0 Å². The molecule has 6 heteroatoms. The van der Waals surface area contributed by atoms with Crippen LogP contribution < -0.4 is 5.32 Å². The van der Waals surface area contributed by atoms with E-state index in [2.05, 4.69) is 5.32 Å². The number of ether oxygens (including phenoxy) is 1. The number of esters is 1. The Morgan fingerprint density at radius 1 is 1.09 bits per heavy atom. The van der Waals surface area contributed by atoms with E-state index in [0.717, 1.165) is 5.56 Å². The maximum absolute atomic E-state index is 11.9. The summed E-state index contributed by atoms with van der Waals surface area (Å²) in [5.74, 6) is -0.984. The minimum atomic E-state index is -0.581. The maximum atomic E-state index is 11.9. The second-order valence-corrected chi connectivity index (χ2v) is 5.74. The Balaban J connectivity index is 1.86. The zero-order valence-electron chi connectivity index (χ0n) is 12.4. The third-order valence-electron chi connectivity index (χ3n) is 3.16. The average molecular weight is 352 g/mol. The molecule has 0 bridgehead atoms. The molecule has 120 valence electrons. The number of hydrogen-bond donors (Lipinski definition) is 1. The predicted octanol–water partition coefficient (Wildman–Crippen LogP) is 4.03. The lowest BCUT2D eigenvalue weighted by molar-refractivity contribution is -0.124. The Morgan fingerprint density at radius 2 is 1.74 bits per heavy atom. The fourth-order valence-corrected chi connectivity index (χ4v) is 2.41. The third-order valence-corrected chi connectivity index (χ3v) is 3.76. The van der Waals surface area contributed by atoms with Gasteiger partial charge in [0.2, 0.25) is 0 Å². The summed E-state index contributed by atoms with van der Waals surface area (Å²) < 4.78 is 4.97. The third kappa shape index (κ3) is 4.98. The molecule has 0 aliphatic carbocycles. The summed E-state index contributed by atoms with van der Waals surface area (Å²) >= 11 is 11.8. The highest BCUT2D eigenvalue weighted by Crippen LogP contribution is 2.21. The number of rotatable bonds is 5. The molecule has 1 amide bonds. The van der Waals surface area contributed by atoms with E-state index in [4.69, 9.17) is 27.9 Å². The van der Waals surface area contributed by atoms with Crippen LogP contribution >= 0.6 is 23.2 Å². The van der Waals surface area contributed by atoms with Crippen molar-refractivity contribution < 1.29 is 14.3 Å². The molecule has 0 saturated carbocycles. The highest BCUT2D eigenvalue weighted by Gasteiger charge is 2.14. The number of halogens is 2. The van der Waals surface area contributed by atoms with Gasteiger partial charge in [0.05, 0.1) is 11.6 Å². The molecule has 1 N–H and O–H groups in total. The molecular weight excluding hydrogens is 337 g/mol. The quantitative estimate of drug-likeness (QED) is 0.827. The number of carbonyl (C=O) groups excluding carboxylic acids is 2. The van der Waals surface area contributed by atoms with Crippen LogP contribution in [0.25, 0.3) is 0 Å². The van der Waals surface area contributed by atoms with E-state index in [1.165, 1.54) is 12.1 Å². The van der Waals surface area contributed by atoms with Gasteiger partial charge in [0, 0.05) is 10.0 Å². The summed E-state index contributed by atoms with van der Waals surface area (Å²) in [6.07, 6.45) is 0. The van der Waals surface area contributed by atoms with Gasteiger partial charge < -0.3 is 10.1 Å². The van der Waals surface area contributed by atoms with Crippen LogP contribution in [0, 0.1) is 0 Å². The minimum Gasteiger partial charge on any atom is -0.452 e. The zero-order chi connectivity index (χ0) is 16.8. The summed E-state index contributed by atoms with van der Waals surface area (Å²) in [6.45, 7) is 1.44. The minimum absolute atomic E-state index is 0.287. The first-order valence-electron chi connectivity index (χ1n) is 6.94. The molecule has 0 aliphatic rings. The molecule has 0 radical (unpaired) electrons. The first kappa shape index (κ1) is 17.3. The number of carbonyl (C=O) groups is 2. The second-order valence-electron chi connectivity index (χ2n) is 4.89. The largest absolute Gasteiger partial charge is 0.452 e. The SMILES string of the molecule is C[C@H](NC(=O)COC(=O)c1ccc(Cl)cc1)c1ccccc1Cl. The highest BCUT2D eigenvalue weighted by molar-refractivity contribution is 6.31. The van der Waals surface area contributed by atoms with Gasteiger partial charge in [0.15, 0.2) is 6.61 Å². The fraction of sp³-hybridized carbons (Fsp3) is 0.176. The fourth-order valence-electron chi connectivity index (χ4n) is 1.99. The molecule has 0 saturated heterocycles. The van der Waals surface area contributed by atoms with E-state index in [0.29, 0.717) is 15.6 Å². The van der Waals surface area contributed by atoms with Gasteiger partial charge in [0.25, 0.3) is 5.91 Å². The molecule has 0 aromatic heterocycles. The number of hydrogen-bond acceptors (Lipinski definition) is 3. The van der Waals surface area contributed by atoms with Crippen LogP contribution in [0.4, 0.5) is 0 Å². The molecule has 4 nitrogen and oxygen atoms in total. The van der Waals surface area contributed by atoms with Crippen LogP contribution in [-0.4, -0.2) is 18.5 Å². The zero-order valence-corrected chi connectivity index (χ0v) is 13.9. The van der Waals surface area contributed by atoms with E-state index in [1.807, 2.05) is 18.2 Å². The molecule has 0 heterocycles. The summed E-state index contributed by atoms with van der Waals surface area (Å²) in [5.41, 5.74) is 1.13. The maximum Gasteiger partial charge on any atom is 0.338 e. The lowest BCUT2D eigenvalue weighted by atomic mass is 10.1. The van der Waals surface area contributed by atoms with Crippen LogP contribution in [0.2, 0.25) is 10.0 Å². The first-order chi connectivity index (χ1) is 11.0. The van der Waals surface area contributed by atoms with Crippen LogP contribution in [0.1, 0.15) is 28.9 Å². The summed E-state index contributed by atoms with van der Waals surface area (Å²) in [7, 11) is 0. The second kappa shape index (κ2) is 7.99. The Labute approximate surface area is 144 Å². The Kier molecular flexibility index (Phi) is 6.02. The average Bonchev–Trinajstić information content (AvgIpc) is 2.53. The van der Waals surface area contributed by atoms with Crippen molar-refractivity contribution in [2.75, 3.05) is 6.61 Å². The first-order valence-corrected chi connectivity index (χ1v) is 7.69. The van der Waals surface area contributed by atoms with Crippen LogP contribution in [0.5, 0.6) is 0 Å². The topological polar surface area (TPSA) is 55.4 Å². The van der Waals surface area contributed by atoms with E-state index in [9.17, 15) is 9.59 Å². The molecule has 1 atom stereocenters. The lowest BCUT2D eigenvalue weighted by Gasteiger charge is -2.15. The van der Waals surface area contributed by atoms with Crippen molar-refractivity contribution >= 4 is 35.1 Å². The van der Waals surface area contributed by atoms with Crippen molar-refractivity contribution in [3.8, 4) is 0 Å². The monoisotopic (exact) mass is 351 g/mol. The number of nitrogens with one attached hydrogen (secondary N) is 1. The normalized spacial score (nSPS) is 11.6. The number of benzene rings is 2. The van der Waals surface area contributed by atoms with Gasteiger partial charge in [-0.05, 0) is 42.8 Å². The molecule has 2 aromatic rings. The summed E-state index contributed by atoms with van der Waals surface area (Å²) in [4.78, 5) is 23.7. The Hall–Kier alpha value is -2.04. The van der Waals surface area contributed by atoms with Crippen molar-refractivity contribution in [2.24, 2.45) is 0 Å². The molecule has 0 unspecified atom stereocenters. The highest BCUT2D eigenvalue weighted by atomic mass is 35.5. The molecule has 0 aliphatic heterocycles. The van der Waals surface area contributed by atoms with Gasteiger partial charge in [-0.15, -0.1) is 0 Å². The standard InChI is InChI=1S/C17H15Cl2NO3/c1-11(14-4-2-3-5-15(14)19)20-16(21)10-23-17(22)12-6-8-13(18)9-7-12/h2-9,11H,10H2,1H3,(H,20,21)/t11-/m0/s1. The van der Waals surface area contributed by atoms with E-state index < -0.39 is 11.9 Å². The van der Waals surface area contributed by atoms with Gasteiger partial charge in [0.1, 0.15) is 0 Å². The molecule has 2 rings (SSSR count). The van der Waals surface area contributed by atoms with Gasteiger partial charge in [-0.2, -0.15) is 0 Å². The van der Waals surface area contributed by atoms with Crippen molar-refractivity contribution in [2.45, 2.75) is 13.0 Å². The number of amides is 1. The predicted molar refractivity (Wildman–Crippen MR) is 89.7 cm³/mol. The van der Waals surface area contributed by atoms with Crippen molar-refractivity contribution in [3.05, 3.63) is 69.7 Å². The van der Waals surface area contributed by atoms with E-state index in [1.54, 1.807) is 25.1 Å². The van der Waals surface area contributed by atoms with Crippen LogP contribution in [0.3, 0.4) is 0 Å². The Bertz CT molecular complexity index is 701. The van der Waals surface area contributed by atoms with Gasteiger partial charge in [-0.25, -0.2) is 4.79 Å². The van der Waals surface area contributed by atoms with Gasteiger partial charge in [-0.1, -0.05) is 41.4 Å². The van der Waals surface area contributed by atoms with E-state index in [-0.39, 0.29) is 12.6 Å².